The molecule has 1 heterocycles. The molecule has 0 unspecified atom stereocenters. The van der Waals surface area contributed by atoms with E-state index in [1.54, 1.807) is 22.9 Å². The number of rotatable bonds is 5. The first-order valence-corrected chi connectivity index (χ1v) is 8.54. The smallest absolute Gasteiger partial charge is 0.282 e. The minimum atomic E-state index is -0.578. The highest BCUT2D eigenvalue weighted by Crippen LogP contribution is 2.24. The van der Waals surface area contributed by atoms with Gasteiger partial charge in [-0.1, -0.05) is 53.7 Å². The van der Waals surface area contributed by atoms with Crippen LogP contribution in [0, 0.1) is 10.1 Å². The minimum Gasteiger partial charge on any atom is -0.320 e. The molecule has 0 saturated carbocycles. The lowest BCUT2D eigenvalue weighted by molar-refractivity contribution is -0.385. The number of amides is 1. The molecule has 28 heavy (non-hydrogen) atoms. The SMILES string of the molecule is O=C(Nc1cccc2c1nnn2Cc1ccccc1)c1ccccc1[N+](=O)[O-]. The predicted molar refractivity (Wildman–Crippen MR) is 104 cm³/mol. The summed E-state index contributed by atoms with van der Waals surface area (Å²) in [6, 6.07) is 21.0. The first kappa shape index (κ1) is 17.3. The molecule has 1 aromatic heterocycles. The van der Waals surface area contributed by atoms with Crippen molar-refractivity contribution < 1.29 is 9.72 Å². The van der Waals surface area contributed by atoms with Crippen LogP contribution >= 0.6 is 0 Å². The molecule has 0 aliphatic carbocycles. The van der Waals surface area contributed by atoms with Crippen LogP contribution in [0.1, 0.15) is 15.9 Å². The van der Waals surface area contributed by atoms with Crippen molar-refractivity contribution in [1.82, 2.24) is 15.0 Å². The van der Waals surface area contributed by atoms with Crippen molar-refractivity contribution >= 4 is 28.3 Å². The van der Waals surface area contributed by atoms with Gasteiger partial charge in [-0.05, 0) is 23.8 Å². The Morgan fingerprint density at radius 1 is 1.00 bits per heavy atom. The van der Waals surface area contributed by atoms with Gasteiger partial charge < -0.3 is 5.32 Å². The molecule has 0 radical (unpaired) electrons. The zero-order chi connectivity index (χ0) is 19.5. The second-order valence-electron chi connectivity index (χ2n) is 6.13. The van der Waals surface area contributed by atoms with Crippen LogP contribution in [0.15, 0.2) is 72.8 Å². The summed E-state index contributed by atoms with van der Waals surface area (Å²) in [5.74, 6) is -0.572. The third-order valence-corrected chi connectivity index (χ3v) is 4.31. The molecule has 0 aliphatic rings. The Labute approximate surface area is 159 Å². The standard InChI is InChI=1S/C20H15N5O3/c26-20(15-9-4-5-11-17(15)25(27)28)21-16-10-6-12-18-19(16)22-23-24(18)13-14-7-2-1-3-8-14/h1-12H,13H2,(H,21,26). The zero-order valence-corrected chi connectivity index (χ0v) is 14.6. The van der Waals surface area contributed by atoms with E-state index in [1.165, 1.54) is 18.2 Å². The Hall–Kier alpha value is -4.07. The number of nitro benzene ring substituents is 1. The van der Waals surface area contributed by atoms with Gasteiger partial charge in [0.1, 0.15) is 11.1 Å². The fourth-order valence-corrected chi connectivity index (χ4v) is 2.98. The summed E-state index contributed by atoms with van der Waals surface area (Å²) >= 11 is 0. The Balaban J connectivity index is 1.65. The molecular weight excluding hydrogens is 358 g/mol. The van der Waals surface area contributed by atoms with Gasteiger partial charge in [-0.3, -0.25) is 14.9 Å². The first-order chi connectivity index (χ1) is 13.6. The van der Waals surface area contributed by atoms with Crippen LogP contribution in [-0.4, -0.2) is 25.8 Å². The van der Waals surface area contributed by atoms with Gasteiger partial charge in [0.25, 0.3) is 11.6 Å². The van der Waals surface area contributed by atoms with Crippen molar-refractivity contribution in [3.63, 3.8) is 0 Å². The number of fused-ring (bicyclic) bond motifs is 1. The predicted octanol–water partition coefficient (Wildman–Crippen LogP) is 3.64. The lowest BCUT2D eigenvalue weighted by atomic mass is 10.1. The molecule has 0 spiro atoms. The summed E-state index contributed by atoms with van der Waals surface area (Å²) < 4.78 is 1.74. The number of nitrogens with one attached hydrogen (secondary N) is 1. The van der Waals surface area contributed by atoms with E-state index in [9.17, 15) is 14.9 Å². The van der Waals surface area contributed by atoms with Crippen LogP contribution in [0.25, 0.3) is 11.0 Å². The van der Waals surface area contributed by atoms with Crippen molar-refractivity contribution in [2.24, 2.45) is 0 Å². The zero-order valence-electron chi connectivity index (χ0n) is 14.6. The lowest BCUT2D eigenvalue weighted by Gasteiger charge is -2.07. The fourth-order valence-electron chi connectivity index (χ4n) is 2.98. The summed E-state index contributed by atoms with van der Waals surface area (Å²) in [7, 11) is 0. The number of carbonyl (C=O) groups is 1. The van der Waals surface area contributed by atoms with E-state index in [2.05, 4.69) is 15.6 Å². The quantitative estimate of drug-likeness (QED) is 0.425. The monoisotopic (exact) mass is 373 g/mol. The molecule has 3 aromatic carbocycles. The molecular formula is C20H15N5O3. The Morgan fingerprint density at radius 3 is 2.54 bits per heavy atom. The Kier molecular flexibility index (Phi) is 4.51. The van der Waals surface area contributed by atoms with E-state index in [0.29, 0.717) is 17.7 Å². The molecule has 4 aromatic rings. The van der Waals surface area contributed by atoms with E-state index >= 15 is 0 Å². The van der Waals surface area contributed by atoms with E-state index in [1.807, 2.05) is 36.4 Å². The molecule has 0 atom stereocenters. The Bertz CT molecular complexity index is 1170. The number of nitrogens with zero attached hydrogens (tertiary/aromatic N) is 4. The molecule has 1 amide bonds. The van der Waals surface area contributed by atoms with Crippen LogP contribution in [0.4, 0.5) is 11.4 Å². The molecule has 0 fully saturated rings. The maximum absolute atomic E-state index is 12.6. The van der Waals surface area contributed by atoms with Crippen LogP contribution in [0.3, 0.4) is 0 Å². The van der Waals surface area contributed by atoms with Crippen LogP contribution in [0.2, 0.25) is 0 Å². The highest BCUT2D eigenvalue weighted by atomic mass is 16.6. The van der Waals surface area contributed by atoms with E-state index in [0.717, 1.165) is 11.1 Å². The number of hydrogen-bond donors (Lipinski definition) is 1. The molecule has 8 heteroatoms. The van der Waals surface area contributed by atoms with Gasteiger partial charge >= 0.3 is 0 Å². The van der Waals surface area contributed by atoms with Crippen molar-refractivity contribution in [3.8, 4) is 0 Å². The van der Waals surface area contributed by atoms with Gasteiger partial charge in [-0.15, -0.1) is 5.10 Å². The number of para-hydroxylation sites is 1. The average Bonchev–Trinajstić information content (AvgIpc) is 3.12. The fraction of sp³-hybridized carbons (Fsp3) is 0.0500. The molecule has 8 nitrogen and oxygen atoms in total. The molecule has 1 N–H and O–H groups in total. The topological polar surface area (TPSA) is 103 Å². The molecule has 0 bridgehead atoms. The van der Waals surface area contributed by atoms with E-state index in [4.69, 9.17) is 0 Å². The maximum Gasteiger partial charge on any atom is 0.282 e. The summed E-state index contributed by atoms with van der Waals surface area (Å²) in [5.41, 5.74) is 2.53. The van der Waals surface area contributed by atoms with Crippen molar-refractivity contribution in [2.45, 2.75) is 6.54 Å². The number of anilines is 1. The largest absolute Gasteiger partial charge is 0.320 e. The average molecular weight is 373 g/mol. The van der Waals surface area contributed by atoms with Crippen molar-refractivity contribution in [1.29, 1.82) is 0 Å². The minimum absolute atomic E-state index is 0.0128. The van der Waals surface area contributed by atoms with Gasteiger partial charge in [-0.2, -0.15) is 0 Å². The van der Waals surface area contributed by atoms with Crippen molar-refractivity contribution in [2.75, 3.05) is 5.32 Å². The van der Waals surface area contributed by atoms with Gasteiger partial charge in [0.15, 0.2) is 0 Å². The van der Waals surface area contributed by atoms with Crippen LogP contribution in [0.5, 0.6) is 0 Å². The molecule has 0 aliphatic heterocycles. The van der Waals surface area contributed by atoms with Gasteiger partial charge in [0.05, 0.1) is 22.7 Å². The number of aromatic nitrogens is 3. The summed E-state index contributed by atoms with van der Waals surface area (Å²) in [6.07, 6.45) is 0. The number of hydrogen-bond acceptors (Lipinski definition) is 5. The first-order valence-electron chi connectivity index (χ1n) is 8.54. The summed E-state index contributed by atoms with van der Waals surface area (Å²) in [4.78, 5) is 23.2. The maximum atomic E-state index is 12.6. The molecule has 4 rings (SSSR count). The van der Waals surface area contributed by atoms with Gasteiger partial charge in [0.2, 0.25) is 0 Å². The third-order valence-electron chi connectivity index (χ3n) is 4.31. The third kappa shape index (κ3) is 3.30. The van der Waals surface area contributed by atoms with Crippen molar-refractivity contribution in [3.05, 3.63) is 94.0 Å². The molecule has 0 saturated heterocycles. The highest BCUT2D eigenvalue weighted by Gasteiger charge is 2.20. The number of nitro groups is 1. The van der Waals surface area contributed by atoms with Gasteiger partial charge in [0, 0.05) is 6.07 Å². The van der Waals surface area contributed by atoms with E-state index < -0.39 is 10.8 Å². The van der Waals surface area contributed by atoms with Crippen LogP contribution in [-0.2, 0) is 6.54 Å². The Morgan fingerprint density at radius 2 is 1.75 bits per heavy atom. The summed E-state index contributed by atoms with van der Waals surface area (Å²) in [5, 5.41) is 22.2. The second-order valence-corrected chi connectivity index (χ2v) is 6.13. The van der Waals surface area contributed by atoms with Crippen LogP contribution < -0.4 is 5.32 Å². The van der Waals surface area contributed by atoms with E-state index in [-0.39, 0.29) is 11.3 Å². The summed E-state index contributed by atoms with van der Waals surface area (Å²) in [6.45, 7) is 0.541. The number of carbonyl (C=O) groups excluding carboxylic acids is 1. The second kappa shape index (κ2) is 7.28. The number of benzene rings is 3. The highest BCUT2D eigenvalue weighted by molar-refractivity contribution is 6.10. The lowest BCUT2D eigenvalue weighted by Crippen LogP contribution is -2.14. The molecule has 138 valence electrons. The van der Waals surface area contributed by atoms with Gasteiger partial charge in [-0.25, -0.2) is 4.68 Å². The normalized spacial score (nSPS) is 10.7.